The number of carbonyl (C=O) groups is 2. The van der Waals surface area contributed by atoms with E-state index in [9.17, 15) is 9.59 Å². The van der Waals surface area contributed by atoms with Crippen molar-refractivity contribution in [1.29, 1.82) is 0 Å². The van der Waals surface area contributed by atoms with Gasteiger partial charge in [-0.15, -0.1) is 0 Å². The van der Waals surface area contributed by atoms with Crippen molar-refractivity contribution >= 4 is 23.3 Å². The van der Waals surface area contributed by atoms with Crippen LogP contribution in [-0.4, -0.2) is 32.1 Å². The molecule has 1 aromatic carbocycles. The van der Waals surface area contributed by atoms with Gasteiger partial charge in [0.15, 0.2) is 0 Å². The third-order valence-corrected chi connectivity index (χ3v) is 2.55. The summed E-state index contributed by atoms with van der Waals surface area (Å²) in [4.78, 5) is 22.7. The quantitative estimate of drug-likeness (QED) is 0.527. The molecule has 1 aromatic rings. The molecule has 0 aliphatic carbocycles. The Balaban J connectivity index is 2.72. The molecule has 0 radical (unpaired) electrons. The molecule has 6 nitrogen and oxygen atoms in total. The summed E-state index contributed by atoms with van der Waals surface area (Å²) in [6, 6.07) is 5.07. The molecule has 6 heteroatoms. The lowest BCUT2D eigenvalue weighted by atomic mass is 10.1. The normalized spacial score (nSPS) is 9.79. The Morgan fingerprint density at radius 2 is 2.11 bits per heavy atom. The van der Waals surface area contributed by atoms with Crippen LogP contribution in [0.5, 0.6) is 0 Å². The first-order valence-electron chi connectivity index (χ1n) is 6.10. The van der Waals surface area contributed by atoms with Gasteiger partial charge >= 0.3 is 5.97 Å². The van der Waals surface area contributed by atoms with Crippen molar-refractivity contribution in [2.75, 3.05) is 31.2 Å². The number of benzene rings is 1. The molecule has 0 fully saturated rings. The maximum Gasteiger partial charge on any atom is 0.340 e. The molecule has 0 saturated carbocycles. The Morgan fingerprint density at radius 1 is 1.37 bits per heavy atom. The van der Waals surface area contributed by atoms with Crippen molar-refractivity contribution in [3.05, 3.63) is 23.8 Å². The minimum atomic E-state index is -0.449. The van der Waals surface area contributed by atoms with Crippen molar-refractivity contribution in [3.63, 3.8) is 0 Å². The first-order valence-corrected chi connectivity index (χ1v) is 6.10. The third kappa shape index (κ3) is 4.17. The van der Waals surface area contributed by atoms with Gasteiger partial charge in [0.1, 0.15) is 0 Å². The summed E-state index contributed by atoms with van der Waals surface area (Å²) >= 11 is 0. The van der Waals surface area contributed by atoms with Gasteiger partial charge in [-0.2, -0.15) is 0 Å². The van der Waals surface area contributed by atoms with Crippen LogP contribution in [-0.2, 0) is 9.53 Å². The maximum absolute atomic E-state index is 11.7. The molecule has 0 atom stereocenters. The fraction of sp³-hybridized carbons (Fsp3) is 0.385. The molecule has 1 amide bonds. The summed E-state index contributed by atoms with van der Waals surface area (Å²) in [5, 5.41) is 5.55. The van der Waals surface area contributed by atoms with E-state index in [0.717, 1.165) is 0 Å². The van der Waals surface area contributed by atoms with Crippen molar-refractivity contribution in [1.82, 2.24) is 5.32 Å². The molecule has 0 saturated heterocycles. The van der Waals surface area contributed by atoms with E-state index in [-0.39, 0.29) is 5.91 Å². The highest BCUT2D eigenvalue weighted by molar-refractivity contribution is 5.98. The Labute approximate surface area is 112 Å². The number of amides is 1. The highest BCUT2D eigenvalue weighted by Gasteiger charge is 2.13. The molecular weight excluding hydrogens is 246 g/mol. The van der Waals surface area contributed by atoms with E-state index in [4.69, 9.17) is 10.5 Å². The lowest BCUT2D eigenvalue weighted by molar-refractivity contribution is -0.120. The van der Waals surface area contributed by atoms with Gasteiger partial charge in [0.2, 0.25) is 5.91 Å². The van der Waals surface area contributed by atoms with Gasteiger partial charge in [-0.3, -0.25) is 4.79 Å². The van der Waals surface area contributed by atoms with Crippen LogP contribution in [0.1, 0.15) is 23.7 Å². The van der Waals surface area contributed by atoms with Crippen molar-refractivity contribution in [2.45, 2.75) is 13.3 Å². The van der Waals surface area contributed by atoms with E-state index < -0.39 is 5.97 Å². The fourth-order valence-electron chi connectivity index (χ4n) is 1.54. The number of rotatable bonds is 6. The minimum Gasteiger partial charge on any atom is -0.462 e. The topological polar surface area (TPSA) is 93.4 Å². The lowest BCUT2D eigenvalue weighted by Gasteiger charge is -2.12. The maximum atomic E-state index is 11.7. The van der Waals surface area contributed by atoms with Crippen molar-refractivity contribution in [2.24, 2.45) is 0 Å². The van der Waals surface area contributed by atoms with Crippen LogP contribution in [0.3, 0.4) is 0 Å². The fourth-order valence-corrected chi connectivity index (χ4v) is 1.54. The highest BCUT2D eigenvalue weighted by atomic mass is 16.5. The van der Waals surface area contributed by atoms with Gasteiger partial charge in [0, 0.05) is 20.0 Å². The smallest absolute Gasteiger partial charge is 0.340 e. The number of hydrogen-bond donors (Lipinski definition) is 3. The largest absolute Gasteiger partial charge is 0.462 e. The zero-order valence-electron chi connectivity index (χ0n) is 11.2. The van der Waals surface area contributed by atoms with Crippen LogP contribution in [0.15, 0.2) is 18.2 Å². The molecule has 0 aliphatic heterocycles. The average molecular weight is 265 g/mol. The lowest BCUT2D eigenvalue weighted by Crippen LogP contribution is -2.21. The van der Waals surface area contributed by atoms with Crippen LogP contribution >= 0.6 is 0 Å². The van der Waals surface area contributed by atoms with Gasteiger partial charge in [-0.25, -0.2) is 4.79 Å². The summed E-state index contributed by atoms with van der Waals surface area (Å²) in [5.74, 6) is -0.512. The third-order valence-electron chi connectivity index (χ3n) is 2.55. The molecule has 104 valence electrons. The zero-order chi connectivity index (χ0) is 14.3. The van der Waals surface area contributed by atoms with Crippen LogP contribution < -0.4 is 16.4 Å². The number of carbonyl (C=O) groups excluding carboxylic acids is 2. The predicted octanol–water partition coefficient (Wildman–Crippen LogP) is 0.993. The van der Waals surface area contributed by atoms with E-state index in [2.05, 4.69) is 10.6 Å². The van der Waals surface area contributed by atoms with Gasteiger partial charge in [0.25, 0.3) is 0 Å². The molecule has 0 aromatic heterocycles. The summed E-state index contributed by atoms with van der Waals surface area (Å²) < 4.78 is 4.91. The van der Waals surface area contributed by atoms with Crippen molar-refractivity contribution in [3.8, 4) is 0 Å². The second-order valence-corrected chi connectivity index (χ2v) is 3.84. The minimum absolute atomic E-state index is 0.0624. The first-order chi connectivity index (χ1) is 9.10. The van der Waals surface area contributed by atoms with Crippen LogP contribution in [0.2, 0.25) is 0 Å². The van der Waals surface area contributed by atoms with Crippen LogP contribution in [0, 0.1) is 0 Å². The number of ether oxygens (including phenoxy) is 1. The molecule has 0 aliphatic rings. The zero-order valence-corrected chi connectivity index (χ0v) is 11.2. The Morgan fingerprint density at radius 3 is 2.74 bits per heavy atom. The number of anilines is 2. The molecule has 0 heterocycles. The molecule has 0 spiro atoms. The van der Waals surface area contributed by atoms with Gasteiger partial charge in [0.05, 0.1) is 23.5 Å². The number of hydrogen-bond acceptors (Lipinski definition) is 5. The number of para-hydroxylation sites is 1. The molecule has 19 heavy (non-hydrogen) atoms. The Hall–Kier alpha value is -2.24. The monoisotopic (exact) mass is 265 g/mol. The molecule has 0 unspecified atom stereocenters. The van der Waals surface area contributed by atoms with Crippen molar-refractivity contribution < 1.29 is 14.3 Å². The molecular formula is C13H19N3O3. The number of nitrogen functional groups attached to an aromatic ring is 1. The standard InChI is InChI=1S/C13H19N3O3/c1-3-19-13(18)9-5-4-6-10(12(9)14)16-8-7-11(17)15-2/h4-6,16H,3,7-8,14H2,1-2H3,(H,15,17). The van der Waals surface area contributed by atoms with Gasteiger partial charge in [-0.1, -0.05) is 6.07 Å². The number of nitrogens with one attached hydrogen (secondary N) is 2. The van der Waals surface area contributed by atoms with E-state index in [1.165, 1.54) is 0 Å². The first kappa shape index (κ1) is 14.8. The predicted molar refractivity (Wildman–Crippen MR) is 74.0 cm³/mol. The summed E-state index contributed by atoms with van der Waals surface area (Å²) in [7, 11) is 1.58. The molecule has 4 N–H and O–H groups in total. The van der Waals surface area contributed by atoms with E-state index >= 15 is 0 Å². The number of esters is 1. The molecule has 1 rings (SSSR count). The molecule has 0 bridgehead atoms. The highest BCUT2D eigenvalue weighted by Crippen LogP contribution is 2.23. The summed E-state index contributed by atoms with van der Waals surface area (Å²) in [5.41, 5.74) is 7.18. The second-order valence-electron chi connectivity index (χ2n) is 3.84. The SMILES string of the molecule is CCOC(=O)c1cccc(NCCC(=O)NC)c1N. The van der Waals surface area contributed by atoms with E-state index in [1.54, 1.807) is 32.2 Å². The van der Waals surface area contributed by atoms with Gasteiger partial charge in [-0.05, 0) is 19.1 Å². The average Bonchev–Trinajstić information content (AvgIpc) is 2.40. The van der Waals surface area contributed by atoms with Gasteiger partial charge < -0.3 is 21.1 Å². The summed E-state index contributed by atoms with van der Waals surface area (Å²) in [6.07, 6.45) is 0.333. The van der Waals surface area contributed by atoms with E-state index in [0.29, 0.717) is 36.5 Å². The number of nitrogens with two attached hydrogens (primary N) is 1. The van der Waals surface area contributed by atoms with E-state index in [1.807, 2.05) is 0 Å². The second kappa shape index (κ2) is 7.25. The summed E-state index contributed by atoms with van der Waals surface area (Å²) in [6.45, 7) is 2.47. The Bertz CT molecular complexity index is 460. The van der Waals surface area contributed by atoms with Crippen LogP contribution in [0.4, 0.5) is 11.4 Å². The van der Waals surface area contributed by atoms with Crippen LogP contribution in [0.25, 0.3) is 0 Å². The Kier molecular flexibility index (Phi) is 5.66.